The number of hydrogen-bond acceptors (Lipinski definition) is 1. The molecule has 3 nitrogen and oxygen atoms in total. The quantitative estimate of drug-likeness (QED) is 0.762. The summed E-state index contributed by atoms with van der Waals surface area (Å²) in [6.07, 6.45) is 4.83. The predicted molar refractivity (Wildman–Crippen MR) is 56.2 cm³/mol. The maximum absolute atomic E-state index is 5.06. The van der Waals surface area contributed by atoms with Crippen molar-refractivity contribution in [3.63, 3.8) is 0 Å². The molecule has 74 valence electrons. The van der Waals surface area contributed by atoms with Crippen LogP contribution in [0.2, 0.25) is 0 Å². The SMILES string of the molecule is COCCc1cc[nH]c1-c1ccc[nH]1. The summed E-state index contributed by atoms with van der Waals surface area (Å²) in [7, 11) is 1.72. The van der Waals surface area contributed by atoms with E-state index in [9.17, 15) is 0 Å². The van der Waals surface area contributed by atoms with Crippen LogP contribution in [0.4, 0.5) is 0 Å². The first-order chi connectivity index (χ1) is 6.92. The molecule has 2 aromatic rings. The fourth-order valence-electron chi connectivity index (χ4n) is 1.56. The summed E-state index contributed by atoms with van der Waals surface area (Å²) in [6.45, 7) is 0.756. The highest BCUT2D eigenvalue weighted by Gasteiger charge is 2.05. The van der Waals surface area contributed by atoms with E-state index < -0.39 is 0 Å². The second-order valence-corrected chi connectivity index (χ2v) is 3.20. The van der Waals surface area contributed by atoms with Crippen molar-refractivity contribution in [3.8, 4) is 11.4 Å². The Balaban J connectivity index is 2.22. The molecule has 3 heteroatoms. The molecule has 2 aromatic heterocycles. The van der Waals surface area contributed by atoms with E-state index in [4.69, 9.17) is 4.74 Å². The molecule has 0 aromatic carbocycles. The Hall–Kier alpha value is -1.48. The van der Waals surface area contributed by atoms with Crippen LogP contribution in [0.25, 0.3) is 11.4 Å². The van der Waals surface area contributed by atoms with Crippen molar-refractivity contribution in [3.05, 3.63) is 36.2 Å². The average molecular weight is 190 g/mol. The standard InChI is InChI=1S/C11H14N2O/c1-14-8-5-9-4-7-13-11(9)10-3-2-6-12-10/h2-4,6-7,12-13H,5,8H2,1H3. The summed E-state index contributed by atoms with van der Waals surface area (Å²) >= 11 is 0. The van der Waals surface area contributed by atoms with Crippen LogP contribution in [-0.2, 0) is 11.2 Å². The van der Waals surface area contributed by atoms with E-state index in [1.54, 1.807) is 7.11 Å². The monoisotopic (exact) mass is 190 g/mol. The molecule has 2 N–H and O–H groups in total. The van der Waals surface area contributed by atoms with Gasteiger partial charge in [-0.15, -0.1) is 0 Å². The molecule has 0 atom stereocenters. The van der Waals surface area contributed by atoms with Crippen LogP contribution in [0.5, 0.6) is 0 Å². The van der Waals surface area contributed by atoms with Gasteiger partial charge in [-0.25, -0.2) is 0 Å². The van der Waals surface area contributed by atoms with E-state index in [-0.39, 0.29) is 0 Å². The van der Waals surface area contributed by atoms with Crippen molar-refractivity contribution < 1.29 is 4.74 Å². The summed E-state index contributed by atoms with van der Waals surface area (Å²) in [6, 6.07) is 6.15. The van der Waals surface area contributed by atoms with Crippen molar-refractivity contribution in [2.45, 2.75) is 6.42 Å². The average Bonchev–Trinajstić information content (AvgIpc) is 2.84. The van der Waals surface area contributed by atoms with Crippen LogP contribution in [0.1, 0.15) is 5.56 Å². The zero-order chi connectivity index (χ0) is 9.80. The van der Waals surface area contributed by atoms with Gasteiger partial charge in [-0.1, -0.05) is 0 Å². The van der Waals surface area contributed by atoms with E-state index in [0.29, 0.717) is 0 Å². The van der Waals surface area contributed by atoms with Gasteiger partial charge >= 0.3 is 0 Å². The molecule has 2 heterocycles. The highest BCUT2D eigenvalue weighted by molar-refractivity contribution is 5.59. The Labute approximate surface area is 83.1 Å². The third-order valence-corrected chi connectivity index (χ3v) is 2.28. The predicted octanol–water partition coefficient (Wildman–Crippen LogP) is 2.20. The maximum atomic E-state index is 5.06. The molecule has 0 aliphatic carbocycles. The molecule has 14 heavy (non-hydrogen) atoms. The Morgan fingerprint density at radius 2 is 2.14 bits per heavy atom. The molecule has 0 unspecified atom stereocenters. The zero-order valence-corrected chi connectivity index (χ0v) is 8.21. The third kappa shape index (κ3) is 1.72. The molecule has 0 bridgehead atoms. The number of H-pyrrole nitrogens is 2. The first kappa shape index (κ1) is 9.09. The van der Waals surface area contributed by atoms with Gasteiger partial charge in [0.15, 0.2) is 0 Å². The number of aromatic amines is 2. The van der Waals surface area contributed by atoms with Crippen molar-refractivity contribution in [1.29, 1.82) is 0 Å². The lowest BCUT2D eigenvalue weighted by molar-refractivity contribution is 0.202. The van der Waals surface area contributed by atoms with Gasteiger partial charge in [-0.3, -0.25) is 0 Å². The molecule has 2 rings (SSSR count). The second-order valence-electron chi connectivity index (χ2n) is 3.20. The maximum Gasteiger partial charge on any atom is 0.0652 e. The lowest BCUT2D eigenvalue weighted by Gasteiger charge is -2.01. The smallest absolute Gasteiger partial charge is 0.0652 e. The summed E-state index contributed by atoms with van der Waals surface area (Å²) in [5.74, 6) is 0. The minimum Gasteiger partial charge on any atom is -0.384 e. The summed E-state index contributed by atoms with van der Waals surface area (Å²) in [5.41, 5.74) is 3.57. The molecular formula is C11H14N2O. The molecule has 0 spiro atoms. The molecule has 0 fully saturated rings. The molecule has 0 aliphatic heterocycles. The lowest BCUT2D eigenvalue weighted by atomic mass is 10.1. The number of ether oxygens (including phenoxy) is 1. The van der Waals surface area contributed by atoms with Crippen molar-refractivity contribution in [2.24, 2.45) is 0 Å². The largest absolute Gasteiger partial charge is 0.384 e. The van der Waals surface area contributed by atoms with Gasteiger partial charge < -0.3 is 14.7 Å². The van der Waals surface area contributed by atoms with Gasteiger partial charge in [0.2, 0.25) is 0 Å². The highest BCUT2D eigenvalue weighted by Crippen LogP contribution is 2.20. The first-order valence-corrected chi connectivity index (χ1v) is 4.71. The van der Waals surface area contributed by atoms with Crippen molar-refractivity contribution >= 4 is 0 Å². The first-order valence-electron chi connectivity index (χ1n) is 4.71. The van der Waals surface area contributed by atoms with E-state index in [1.807, 2.05) is 18.5 Å². The normalized spacial score (nSPS) is 10.6. The second kappa shape index (κ2) is 4.15. The minimum atomic E-state index is 0.756. The molecule has 0 amide bonds. The summed E-state index contributed by atoms with van der Waals surface area (Å²) in [5, 5.41) is 0. The highest BCUT2D eigenvalue weighted by atomic mass is 16.5. The van der Waals surface area contributed by atoms with E-state index in [0.717, 1.165) is 24.4 Å². The molecular weight excluding hydrogens is 176 g/mol. The molecule has 0 radical (unpaired) electrons. The van der Waals surface area contributed by atoms with Gasteiger partial charge in [0.05, 0.1) is 18.0 Å². The number of methoxy groups -OCH3 is 1. The Morgan fingerprint density at radius 1 is 1.21 bits per heavy atom. The Kier molecular flexibility index (Phi) is 2.70. The van der Waals surface area contributed by atoms with Crippen LogP contribution in [0.15, 0.2) is 30.6 Å². The molecule has 0 saturated heterocycles. The van der Waals surface area contributed by atoms with E-state index in [1.165, 1.54) is 5.56 Å². The third-order valence-electron chi connectivity index (χ3n) is 2.28. The van der Waals surface area contributed by atoms with E-state index >= 15 is 0 Å². The number of hydrogen-bond donors (Lipinski definition) is 2. The lowest BCUT2D eigenvalue weighted by Crippen LogP contribution is -1.95. The topological polar surface area (TPSA) is 40.8 Å². The molecule has 0 saturated carbocycles. The minimum absolute atomic E-state index is 0.756. The van der Waals surface area contributed by atoms with Crippen LogP contribution >= 0.6 is 0 Å². The summed E-state index contributed by atoms with van der Waals surface area (Å²) < 4.78 is 5.06. The van der Waals surface area contributed by atoms with Crippen molar-refractivity contribution in [1.82, 2.24) is 9.97 Å². The van der Waals surface area contributed by atoms with Crippen LogP contribution < -0.4 is 0 Å². The molecule has 0 aliphatic rings. The van der Waals surface area contributed by atoms with Crippen LogP contribution in [0, 0.1) is 0 Å². The van der Waals surface area contributed by atoms with Crippen molar-refractivity contribution in [2.75, 3.05) is 13.7 Å². The number of aromatic nitrogens is 2. The summed E-state index contributed by atoms with van der Waals surface area (Å²) in [4.78, 5) is 6.41. The number of nitrogens with one attached hydrogen (secondary N) is 2. The van der Waals surface area contributed by atoms with E-state index in [2.05, 4.69) is 22.1 Å². The van der Waals surface area contributed by atoms with Crippen LogP contribution in [0.3, 0.4) is 0 Å². The van der Waals surface area contributed by atoms with Crippen LogP contribution in [-0.4, -0.2) is 23.7 Å². The Bertz CT molecular complexity index is 376. The fourth-order valence-corrected chi connectivity index (χ4v) is 1.56. The Morgan fingerprint density at radius 3 is 2.86 bits per heavy atom. The van der Waals surface area contributed by atoms with Gasteiger partial charge in [-0.05, 0) is 30.2 Å². The van der Waals surface area contributed by atoms with Gasteiger partial charge in [0, 0.05) is 19.5 Å². The zero-order valence-electron chi connectivity index (χ0n) is 8.21. The van der Waals surface area contributed by atoms with Gasteiger partial charge in [0.1, 0.15) is 0 Å². The van der Waals surface area contributed by atoms with Gasteiger partial charge in [0.25, 0.3) is 0 Å². The fraction of sp³-hybridized carbons (Fsp3) is 0.273. The number of rotatable bonds is 4. The van der Waals surface area contributed by atoms with Gasteiger partial charge in [-0.2, -0.15) is 0 Å².